The van der Waals surface area contributed by atoms with Crippen molar-refractivity contribution in [1.82, 2.24) is 4.90 Å². The number of nitrogens with zero attached hydrogens (tertiary/aromatic N) is 1. The second-order valence-electron chi connectivity index (χ2n) is 5.23. The molecule has 0 spiro atoms. The van der Waals surface area contributed by atoms with Gasteiger partial charge in [0.1, 0.15) is 0 Å². The molecule has 1 aromatic rings. The lowest BCUT2D eigenvalue weighted by atomic mass is 10.1. The normalized spacial score (nSPS) is 23.4. The van der Waals surface area contributed by atoms with Gasteiger partial charge in [-0.2, -0.15) is 0 Å². The van der Waals surface area contributed by atoms with E-state index >= 15 is 0 Å². The van der Waals surface area contributed by atoms with Crippen molar-refractivity contribution in [1.29, 1.82) is 0 Å². The predicted molar refractivity (Wildman–Crippen MR) is 76.1 cm³/mol. The summed E-state index contributed by atoms with van der Waals surface area (Å²) in [6.07, 6.45) is 1.01. The molecule has 1 aliphatic rings. The van der Waals surface area contributed by atoms with E-state index < -0.39 is 0 Å². The van der Waals surface area contributed by atoms with Crippen LogP contribution in [0.15, 0.2) is 18.2 Å². The first kappa shape index (κ1) is 13.9. The molecule has 19 heavy (non-hydrogen) atoms. The summed E-state index contributed by atoms with van der Waals surface area (Å²) in [5.74, 6) is 0.0742. The van der Waals surface area contributed by atoms with Crippen LogP contribution in [0, 0.1) is 6.92 Å². The van der Waals surface area contributed by atoms with Crippen LogP contribution in [0.25, 0.3) is 0 Å². The summed E-state index contributed by atoms with van der Waals surface area (Å²) in [5.41, 5.74) is 8.17. The van der Waals surface area contributed by atoms with Crippen molar-refractivity contribution < 1.29 is 9.53 Å². The Hall–Kier alpha value is -1.55. The fraction of sp³-hybridized carbons (Fsp3) is 0.533. The van der Waals surface area contributed by atoms with Crippen LogP contribution in [0.4, 0.5) is 5.69 Å². The third kappa shape index (κ3) is 2.89. The van der Waals surface area contributed by atoms with Gasteiger partial charge in [0.05, 0.1) is 18.8 Å². The zero-order valence-electron chi connectivity index (χ0n) is 11.8. The van der Waals surface area contributed by atoms with E-state index in [4.69, 9.17) is 10.5 Å². The Kier molecular flexibility index (Phi) is 4.10. The topological polar surface area (TPSA) is 55.6 Å². The van der Waals surface area contributed by atoms with Gasteiger partial charge in [-0.3, -0.25) is 4.79 Å². The number of hydrogen-bond donors (Lipinski definition) is 1. The van der Waals surface area contributed by atoms with Crippen molar-refractivity contribution in [3.8, 4) is 0 Å². The lowest BCUT2D eigenvalue weighted by molar-refractivity contribution is -0.0444. The van der Waals surface area contributed by atoms with Crippen LogP contribution in [0.3, 0.4) is 0 Å². The minimum atomic E-state index is 0.0742. The third-order valence-electron chi connectivity index (χ3n) is 3.72. The number of amides is 1. The smallest absolute Gasteiger partial charge is 0.254 e. The maximum Gasteiger partial charge on any atom is 0.254 e. The summed E-state index contributed by atoms with van der Waals surface area (Å²) in [5, 5.41) is 0. The van der Waals surface area contributed by atoms with E-state index in [0.717, 1.165) is 17.7 Å². The van der Waals surface area contributed by atoms with Crippen LogP contribution in [0.1, 0.15) is 36.2 Å². The summed E-state index contributed by atoms with van der Waals surface area (Å²) in [6, 6.07) is 5.64. The van der Waals surface area contributed by atoms with Gasteiger partial charge in [-0.1, -0.05) is 6.92 Å². The maximum atomic E-state index is 12.6. The summed E-state index contributed by atoms with van der Waals surface area (Å²) >= 11 is 0. The van der Waals surface area contributed by atoms with E-state index in [-0.39, 0.29) is 18.1 Å². The number of aryl methyl sites for hydroxylation is 1. The fourth-order valence-corrected chi connectivity index (χ4v) is 2.41. The highest BCUT2D eigenvalue weighted by Gasteiger charge is 2.29. The molecule has 4 nitrogen and oxygen atoms in total. The van der Waals surface area contributed by atoms with Crippen LogP contribution >= 0.6 is 0 Å². The average molecular weight is 262 g/mol. The Labute approximate surface area is 114 Å². The molecule has 2 atom stereocenters. The highest BCUT2D eigenvalue weighted by atomic mass is 16.5. The van der Waals surface area contributed by atoms with Crippen molar-refractivity contribution in [2.75, 3.05) is 18.9 Å². The molecule has 0 radical (unpaired) electrons. The number of hydrogen-bond acceptors (Lipinski definition) is 3. The number of morpholine rings is 1. The second kappa shape index (κ2) is 5.61. The Morgan fingerprint density at radius 1 is 1.53 bits per heavy atom. The van der Waals surface area contributed by atoms with E-state index in [9.17, 15) is 4.79 Å². The van der Waals surface area contributed by atoms with E-state index in [1.807, 2.05) is 24.8 Å². The van der Waals surface area contributed by atoms with Gasteiger partial charge in [-0.25, -0.2) is 0 Å². The monoisotopic (exact) mass is 262 g/mol. The molecular weight excluding hydrogens is 240 g/mol. The van der Waals surface area contributed by atoms with Gasteiger partial charge in [0.2, 0.25) is 0 Å². The number of nitrogen functional groups attached to an aromatic ring is 1. The van der Waals surface area contributed by atoms with E-state index in [2.05, 4.69) is 6.92 Å². The molecule has 1 heterocycles. The maximum absolute atomic E-state index is 12.6. The lowest BCUT2D eigenvalue weighted by Gasteiger charge is -2.38. The first-order chi connectivity index (χ1) is 9.02. The van der Waals surface area contributed by atoms with E-state index in [1.54, 1.807) is 12.1 Å². The molecule has 1 amide bonds. The molecule has 1 aromatic carbocycles. The number of carbonyl (C=O) groups excluding carboxylic acids is 1. The standard InChI is InChI=1S/C15H22N2O2/c1-4-13-9-19-11(3)8-17(13)15(18)12-5-6-14(16)10(2)7-12/h5-7,11,13H,4,8-9,16H2,1-3H3. The molecule has 1 fully saturated rings. The lowest BCUT2D eigenvalue weighted by Crippen LogP contribution is -2.51. The highest BCUT2D eigenvalue weighted by molar-refractivity contribution is 5.95. The van der Waals surface area contributed by atoms with Gasteiger partial charge in [0.25, 0.3) is 5.91 Å². The Morgan fingerprint density at radius 2 is 2.26 bits per heavy atom. The number of anilines is 1. The SMILES string of the molecule is CCC1COC(C)CN1C(=O)c1ccc(N)c(C)c1. The van der Waals surface area contributed by atoms with Crippen LogP contribution in [-0.4, -0.2) is 36.1 Å². The summed E-state index contributed by atoms with van der Waals surface area (Å²) in [7, 11) is 0. The Morgan fingerprint density at radius 3 is 2.89 bits per heavy atom. The van der Waals surface area contributed by atoms with Crippen LogP contribution in [0.5, 0.6) is 0 Å². The number of carbonyl (C=O) groups is 1. The molecule has 104 valence electrons. The Bertz CT molecular complexity index is 473. The zero-order valence-corrected chi connectivity index (χ0v) is 11.8. The van der Waals surface area contributed by atoms with Crippen LogP contribution in [0.2, 0.25) is 0 Å². The van der Waals surface area contributed by atoms with Gasteiger partial charge >= 0.3 is 0 Å². The minimum Gasteiger partial charge on any atom is -0.399 e. The zero-order chi connectivity index (χ0) is 14.0. The summed E-state index contributed by atoms with van der Waals surface area (Å²) < 4.78 is 5.63. The summed E-state index contributed by atoms with van der Waals surface area (Å²) in [6.45, 7) is 7.28. The summed E-state index contributed by atoms with van der Waals surface area (Å²) in [4.78, 5) is 14.5. The van der Waals surface area contributed by atoms with Gasteiger partial charge in [0.15, 0.2) is 0 Å². The fourth-order valence-electron chi connectivity index (χ4n) is 2.41. The van der Waals surface area contributed by atoms with Crippen molar-refractivity contribution >= 4 is 11.6 Å². The van der Waals surface area contributed by atoms with Gasteiger partial charge in [-0.15, -0.1) is 0 Å². The first-order valence-corrected chi connectivity index (χ1v) is 6.81. The average Bonchev–Trinajstić information content (AvgIpc) is 2.41. The van der Waals surface area contributed by atoms with Gasteiger partial charge in [-0.05, 0) is 44.0 Å². The number of rotatable bonds is 2. The van der Waals surface area contributed by atoms with Crippen LogP contribution in [-0.2, 0) is 4.74 Å². The largest absolute Gasteiger partial charge is 0.399 e. The number of nitrogens with two attached hydrogens (primary N) is 1. The number of ether oxygens (including phenoxy) is 1. The molecule has 1 aliphatic heterocycles. The van der Waals surface area contributed by atoms with Crippen molar-refractivity contribution in [3.05, 3.63) is 29.3 Å². The van der Waals surface area contributed by atoms with Gasteiger partial charge < -0.3 is 15.4 Å². The quantitative estimate of drug-likeness (QED) is 0.831. The van der Waals surface area contributed by atoms with Gasteiger partial charge in [0, 0.05) is 17.8 Å². The molecule has 2 N–H and O–H groups in total. The molecule has 0 aliphatic carbocycles. The van der Waals surface area contributed by atoms with Crippen LogP contribution < -0.4 is 5.73 Å². The first-order valence-electron chi connectivity index (χ1n) is 6.81. The highest BCUT2D eigenvalue weighted by Crippen LogP contribution is 2.20. The third-order valence-corrected chi connectivity index (χ3v) is 3.72. The second-order valence-corrected chi connectivity index (χ2v) is 5.23. The molecule has 0 aromatic heterocycles. The van der Waals surface area contributed by atoms with E-state index in [1.165, 1.54) is 0 Å². The molecule has 2 rings (SSSR count). The van der Waals surface area contributed by atoms with Crippen molar-refractivity contribution in [3.63, 3.8) is 0 Å². The molecule has 0 bridgehead atoms. The van der Waals surface area contributed by atoms with Crippen molar-refractivity contribution in [2.24, 2.45) is 0 Å². The molecule has 0 saturated carbocycles. The molecule has 4 heteroatoms. The number of benzene rings is 1. The van der Waals surface area contributed by atoms with E-state index in [0.29, 0.717) is 18.7 Å². The van der Waals surface area contributed by atoms with Crippen molar-refractivity contribution in [2.45, 2.75) is 39.3 Å². The predicted octanol–water partition coefficient (Wildman–Crippen LogP) is 2.22. The molecule has 2 unspecified atom stereocenters. The Balaban J connectivity index is 2.23. The minimum absolute atomic E-state index is 0.0742. The molecular formula is C15H22N2O2. The molecule has 1 saturated heterocycles.